The number of rotatable bonds is 8. The van der Waals surface area contributed by atoms with Crippen molar-refractivity contribution in [2.45, 2.75) is 33.4 Å². The average Bonchev–Trinajstić information content (AvgIpc) is 2.29. The monoisotopic (exact) mass is 252 g/mol. The van der Waals surface area contributed by atoms with Crippen molar-refractivity contribution in [3.05, 3.63) is 23.9 Å². The van der Waals surface area contributed by atoms with E-state index in [4.69, 9.17) is 9.47 Å². The summed E-state index contributed by atoms with van der Waals surface area (Å²) in [5.74, 6) is 1.31. The van der Waals surface area contributed by atoms with E-state index in [-0.39, 0.29) is 6.10 Å². The Labute approximate surface area is 110 Å². The second kappa shape index (κ2) is 8.06. The van der Waals surface area contributed by atoms with E-state index >= 15 is 0 Å². The quantitative estimate of drug-likeness (QED) is 0.770. The Morgan fingerprint density at radius 1 is 1.33 bits per heavy atom. The number of pyridine rings is 1. The zero-order valence-corrected chi connectivity index (χ0v) is 11.8. The molecule has 1 aromatic rings. The highest BCUT2D eigenvalue weighted by molar-refractivity contribution is 5.20. The van der Waals surface area contributed by atoms with Crippen molar-refractivity contribution in [3.63, 3.8) is 0 Å². The molecule has 1 rings (SSSR count). The molecule has 0 saturated carbocycles. The summed E-state index contributed by atoms with van der Waals surface area (Å²) in [5, 5.41) is 3.40. The summed E-state index contributed by atoms with van der Waals surface area (Å²) >= 11 is 0. The van der Waals surface area contributed by atoms with Gasteiger partial charge in [-0.2, -0.15) is 0 Å². The molecule has 0 spiro atoms. The predicted molar refractivity (Wildman–Crippen MR) is 72.7 cm³/mol. The molecule has 4 heteroatoms. The van der Waals surface area contributed by atoms with E-state index in [0.717, 1.165) is 13.1 Å². The van der Waals surface area contributed by atoms with Gasteiger partial charge in [0.1, 0.15) is 6.10 Å². The van der Waals surface area contributed by atoms with E-state index in [0.29, 0.717) is 18.4 Å². The molecular formula is C14H24N2O2. The summed E-state index contributed by atoms with van der Waals surface area (Å²) in [4.78, 5) is 4.20. The first-order chi connectivity index (χ1) is 8.61. The highest BCUT2D eigenvalue weighted by Crippen LogP contribution is 2.11. The lowest BCUT2D eigenvalue weighted by Crippen LogP contribution is -2.20. The Hall–Kier alpha value is -1.13. The molecule has 0 amide bonds. The largest absolute Gasteiger partial charge is 0.472 e. The SMILES string of the molecule is COCC(C)Oc1cc(CNCC(C)C)ccn1. The average molecular weight is 252 g/mol. The molecule has 102 valence electrons. The summed E-state index contributed by atoms with van der Waals surface area (Å²) < 4.78 is 10.7. The normalized spacial score (nSPS) is 12.7. The van der Waals surface area contributed by atoms with E-state index in [1.54, 1.807) is 13.3 Å². The van der Waals surface area contributed by atoms with Gasteiger partial charge < -0.3 is 14.8 Å². The molecule has 1 aromatic heterocycles. The summed E-state index contributed by atoms with van der Waals surface area (Å²) in [6, 6.07) is 3.97. The third kappa shape index (κ3) is 5.98. The van der Waals surface area contributed by atoms with E-state index in [2.05, 4.69) is 24.1 Å². The first kappa shape index (κ1) is 14.9. The second-order valence-corrected chi connectivity index (χ2v) is 4.91. The molecule has 0 radical (unpaired) electrons. The third-order valence-electron chi connectivity index (χ3n) is 2.40. The fourth-order valence-electron chi connectivity index (χ4n) is 1.60. The van der Waals surface area contributed by atoms with Gasteiger partial charge in [0.2, 0.25) is 5.88 Å². The van der Waals surface area contributed by atoms with Crippen molar-refractivity contribution >= 4 is 0 Å². The van der Waals surface area contributed by atoms with Crippen molar-refractivity contribution in [2.24, 2.45) is 5.92 Å². The minimum atomic E-state index is 0.0152. The lowest BCUT2D eigenvalue weighted by Gasteiger charge is -2.13. The van der Waals surface area contributed by atoms with Crippen LogP contribution in [0.2, 0.25) is 0 Å². The number of aromatic nitrogens is 1. The van der Waals surface area contributed by atoms with Crippen molar-refractivity contribution in [1.82, 2.24) is 10.3 Å². The first-order valence-electron chi connectivity index (χ1n) is 6.43. The minimum absolute atomic E-state index is 0.0152. The standard InChI is InChI=1S/C14H24N2O2/c1-11(2)8-15-9-13-5-6-16-14(7-13)18-12(3)10-17-4/h5-7,11-12,15H,8-10H2,1-4H3. The number of hydrogen-bond donors (Lipinski definition) is 1. The van der Waals surface area contributed by atoms with Gasteiger partial charge in [-0.05, 0) is 31.0 Å². The molecule has 0 aliphatic rings. The van der Waals surface area contributed by atoms with Crippen LogP contribution in [0.5, 0.6) is 5.88 Å². The topological polar surface area (TPSA) is 43.4 Å². The van der Waals surface area contributed by atoms with Crippen LogP contribution in [-0.2, 0) is 11.3 Å². The van der Waals surface area contributed by atoms with Crippen LogP contribution in [0.15, 0.2) is 18.3 Å². The Morgan fingerprint density at radius 2 is 2.11 bits per heavy atom. The number of ether oxygens (including phenoxy) is 2. The maximum atomic E-state index is 5.66. The van der Waals surface area contributed by atoms with Gasteiger partial charge in [0, 0.05) is 25.9 Å². The van der Waals surface area contributed by atoms with Crippen molar-refractivity contribution in [3.8, 4) is 5.88 Å². The highest BCUT2D eigenvalue weighted by Gasteiger charge is 2.05. The van der Waals surface area contributed by atoms with Gasteiger partial charge in [-0.15, -0.1) is 0 Å². The zero-order chi connectivity index (χ0) is 13.4. The molecule has 0 saturated heterocycles. The molecular weight excluding hydrogens is 228 g/mol. The van der Waals surface area contributed by atoms with Crippen LogP contribution in [0.4, 0.5) is 0 Å². The van der Waals surface area contributed by atoms with E-state index < -0.39 is 0 Å². The van der Waals surface area contributed by atoms with Crippen LogP contribution in [0.3, 0.4) is 0 Å². The van der Waals surface area contributed by atoms with Crippen molar-refractivity contribution in [1.29, 1.82) is 0 Å². The minimum Gasteiger partial charge on any atom is -0.472 e. The highest BCUT2D eigenvalue weighted by atomic mass is 16.5. The van der Waals surface area contributed by atoms with Crippen LogP contribution in [0.1, 0.15) is 26.3 Å². The van der Waals surface area contributed by atoms with Crippen molar-refractivity contribution < 1.29 is 9.47 Å². The third-order valence-corrected chi connectivity index (χ3v) is 2.40. The van der Waals surface area contributed by atoms with E-state index in [1.807, 2.05) is 19.1 Å². The van der Waals surface area contributed by atoms with Crippen molar-refractivity contribution in [2.75, 3.05) is 20.3 Å². The van der Waals surface area contributed by atoms with Crippen LogP contribution in [0, 0.1) is 5.92 Å². The van der Waals surface area contributed by atoms with Crippen LogP contribution in [0.25, 0.3) is 0 Å². The molecule has 0 aliphatic heterocycles. The van der Waals surface area contributed by atoms with E-state index in [9.17, 15) is 0 Å². The summed E-state index contributed by atoms with van der Waals surface area (Å²) in [7, 11) is 1.67. The fraction of sp³-hybridized carbons (Fsp3) is 0.643. The van der Waals surface area contributed by atoms with Gasteiger partial charge in [0.15, 0.2) is 0 Å². The maximum absolute atomic E-state index is 5.66. The molecule has 0 fully saturated rings. The number of methoxy groups -OCH3 is 1. The van der Waals surface area contributed by atoms with Gasteiger partial charge in [-0.1, -0.05) is 13.8 Å². The molecule has 0 aromatic carbocycles. The number of nitrogens with one attached hydrogen (secondary N) is 1. The molecule has 0 aliphatic carbocycles. The molecule has 4 nitrogen and oxygen atoms in total. The smallest absolute Gasteiger partial charge is 0.213 e. The molecule has 18 heavy (non-hydrogen) atoms. The van der Waals surface area contributed by atoms with Crippen LogP contribution < -0.4 is 10.1 Å². The maximum Gasteiger partial charge on any atom is 0.213 e. The Bertz CT molecular complexity index is 342. The lowest BCUT2D eigenvalue weighted by molar-refractivity contribution is 0.0889. The molecule has 1 heterocycles. The lowest BCUT2D eigenvalue weighted by atomic mass is 10.2. The summed E-state index contributed by atoms with van der Waals surface area (Å²) in [5.41, 5.74) is 1.19. The predicted octanol–water partition coefficient (Wildman–Crippen LogP) is 2.24. The Morgan fingerprint density at radius 3 is 2.78 bits per heavy atom. The summed E-state index contributed by atoms with van der Waals surface area (Å²) in [6.45, 7) is 8.78. The van der Waals surface area contributed by atoms with Crippen LogP contribution >= 0.6 is 0 Å². The summed E-state index contributed by atoms with van der Waals surface area (Å²) in [6.07, 6.45) is 1.79. The molecule has 1 atom stereocenters. The molecule has 0 bridgehead atoms. The zero-order valence-electron chi connectivity index (χ0n) is 11.8. The molecule has 1 N–H and O–H groups in total. The van der Waals surface area contributed by atoms with Gasteiger partial charge in [0.05, 0.1) is 6.61 Å². The van der Waals surface area contributed by atoms with Crippen LogP contribution in [-0.4, -0.2) is 31.3 Å². The number of hydrogen-bond acceptors (Lipinski definition) is 4. The van der Waals surface area contributed by atoms with Gasteiger partial charge in [-0.25, -0.2) is 4.98 Å². The van der Waals surface area contributed by atoms with E-state index in [1.165, 1.54) is 5.56 Å². The fourth-order valence-corrected chi connectivity index (χ4v) is 1.60. The number of nitrogens with zero attached hydrogens (tertiary/aromatic N) is 1. The van der Waals surface area contributed by atoms with Gasteiger partial charge in [-0.3, -0.25) is 0 Å². The first-order valence-corrected chi connectivity index (χ1v) is 6.43. The van der Waals surface area contributed by atoms with Gasteiger partial charge >= 0.3 is 0 Å². The molecule has 1 unspecified atom stereocenters. The Balaban J connectivity index is 2.46. The second-order valence-electron chi connectivity index (χ2n) is 4.91. The van der Waals surface area contributed by atoms with Gasteiger partial charge in [0.25, 0.3) is 0 Å². The Kier molecular flexibility index (Phi) is 6.68.